The number of aryl methyl sites for hydroxylation is 2. The second-order valence-electron chi connectivity index (χ2n) is 5.17. The van der Waals surface area contributed by atoms with Crippen molar-refractivity contribution >= 4 is 0 Å². The Balaban J connectivity index is 2.20. The summed E-state index contributed by atoms with van der Waals surface area (Å²) in [7, 11) is 3.60. The van der Waals surface area contributed by atoms with Crippen LogP contribution in [-0.4, -0.2) is 14.2 Å². The first kappa shape index (κ1) is 15.4. The van der Waals surface area contributed by atoms with Crippen LogP contribution in [0.5, 0.6) is 11.5 Å². The van der Waals surface area contributed by atoms with Crippen LogP contribution in [0, 0.1) is 13.8 Å². The number of hydrogen-bond donors (Lipinski definition) is 1. The Morgan fingerprint density at radius 3 is 2.33 bits per heavy atom. The lowest BCUT2D eigenvalue weighted by molar-refractivity contribution is 0.283. The van der Waals surface area contributed by atoms with Gasteiger partial charge in [-0.2, -0.15) is 0 Å². The summed E-state index contributed by atoms with van der Waals surface area (Å²) in [6.07, 6.45) is 0. The van der Waals surface area contributed by atoms with Crippen LogP contribution in [0.4, 0.5) is 0 Å². The second kappa shape index (κ2) is 7.14. The molecule has 0 aromatic heterocycles. The van der Waals surface area contributed by atoms with E-state index >= 15 is 0 Å². The summed E-state index contributed by atoms with van der Waals surface area (Å²) in [5, 5.41) is 3.14. The molecule has 0 fully saturated rings. The van der Waals surface area contributed by atoms with Gasteiger partial charge in [0.15, 0.2) is 11.5 Å². The highest BCUT2D eigenvalue weighted by atomic mass is 16.5. The number of benzene rings is 2. The van der Waals surface area contributed by atoms with Crippen LogP contribution in [-0.2, 0) is 13.2 Å². The standard InChI is InChI=1S/C18H23NO2/c1-13-6-5-7-14(2)16(13)12-21-18-10-15(11-19-3)8-9-17(18)20-4/h5-10,19H,11-12H2,1-4H3. The van der Waals surface area contributed by atoms with Crippen molar-refractivity contribution in [3.63, 3.8) is 0 Å². The van der Waals surface area contributed by atoms with Crippen molar-refractivity contribution in [1.82, 2.24) is 5.32 Å². The summed E-state index contributed by atoms with van der Waals surface area (Å²) in [6.45, 7) is 5.59. The average Bonchev–Trinajstić information content (AvgIpc) is 2.47. The van der Waals surface area contributed by atoms with Crippen LogP contribution in [0.3, 0.4) is 0 Å². The molecule has 0 atom stereocenters. The van der Waals surface area contributed by atoms with E-state index in [-0.39, 0.29) is 0 Å². The molecule has 0 radical (unpaired) electrons. The number of ether oxygens (including phenoxy) is 2. The second-order valence-corrected chi connectivity index (χ2v) is 5.17. The molecule has 0 spiro atoms. The van der Waals surface area contributed by atoms with E-state index in [1.165, 1.54) is 22.3 Å². The molecule has 2 aromatic carbocycles. The number of rotatable bonds is 6. The van der Waals surface area contributed by atoms with Crippen molar-refractivity contribution in [2.45, 2.75) is 27.0 Å². The molecule has 3 nitrogen and oxygen atoms in total. The third-order valence-corrected chi connectivity index (χ3v) is 3.63. The van der Waals surface area contributed by atoms with Crippen LogP contribution < -0.4 is 14.8 Å². The van der Waals surface area contributed by atoms with Crippen LogP contribution in [0.15, 0.2) is 36.4 Å². The zero-order valence-corrected chi connectivity index (χ0v) is 13.2. The molecule has 0 saturated carbocycles. The van der Waals surface area contributed by atoms with E-state index in [0.717, 1.165) is 18.0 Å². The molecule has 0 amide bonds. The highest BCUT2D eigenvalue weighted by molar-refractivity contribution is 5.43. The summed E-state index contributed by atoms with van der Waals surface area (Å²) in [5.41, 5.74) is 4.91. The van der Waals surface area contributed by atoms with Gasteiger partial charge in [-0.25, -0.2) is 0 Å². The minimum absolute atomic E-state index is 0.553. The maximum atomic E-state index is 6.01. The van der Waals surface area contributed by atoms with E-state index in [9.17, 15) is 0 Å². The van der Waals surface area contributed by atoms with Crippen molar-refractivity contribution in [2.75, 3.05) is 14.2 Å². The van der Waals surface area contributed by atoms with E-state index in [2.05, 4.69) is 37.4 Å². The first-order valence-electron chi connectivity index (χ1n) is 7.15. The molecule has 2 rings (SSSR count). The SMILES string of the molecule is CNCc1ccc(OC)c(OCc2c(C)cccc2C)c1. The van der Waals surface area contributed by atoms with Crippen molar-refractivity contribution in [3.8, 4) is 11.5 Å². The Kier molecular flexibility index (Phi) is 5.23. The summed E-state index contributed by atoms with van der Waals surface area (Å²) >= 11 is 0. The molecule has 0 heterocycles. The minimum Gasteiger partial charge on any atom is -0.493 e. The molecule has 0 aliphatic rings. The van der Waals surface area contributed by atoms with Crippen molar-refractivity contribution in [3.05, 3.63) is 58.7 Å². The topological polar surface area (TPSA) is 30.5 Å². The number of hydrogen-bond acceptors (Lipinski definition) is 3. The van der Waals surface area contributed by atoms with Crippen LogP contribution >= 0.6 is 0 Å². The maximum Gasteiger partial charge on any atom is 0.161 e. The van der Waals surface area contributed by atoms with E-state index in [0.29, 0.717) is 6.61 Å². The lowest BCUT2D eigenvalue weighted by atomic mass is 10.0. The van der Waals surface area contributed by atoms with E-state index in [1.54, 1.807) is 7.11 Å². The lowest BCUT2D eigenvalue weighted by Crippen LogP contribution is -2.06. The fourth-order valence-corrected chi connectivity index (χ4v) is 2.37. The predicted molar refractivity (Wildman–Crippen MR) is 86.0 cm³/mol. The van der Waals surface area contributed by atoms with Gasteiger partial charge in [0.2, 0.25) is 0 Å². The minimum atomic E-state index is 0.553. The van der Waals surface area contributed by atoms with Gasteiger partial charge in [0.05, 0.1) is 7.11 Å². The molecule has 3 heteroatoms. The summed E-state index contributed by atoms with van der Waals surface area (Å²) in [6, 6.07) is 12.3. The molecule has 21 heavy (non-hydrogen) atoms. The molecular weight excluding hydrogens is 262 g/mol. The maximum absolute atomic E-state index is 6.01. The van der Waals surface area contributed by atoms with Gasteiger partial charge in [-0.1, -0.05) is 24.3 Å². The predicted octanol–water partition coefficient (Wildman–Crippen LogP) is 3.61. The van der Waals surface area contributed by atoms with Crippen LogP contribution in [0.1, 0.15) is 22.3 Å². The fourth-order valence-electron chi connectivity index (χ4n) is 2.37. The molecule has 0 saturated heterocycles. The third-order valence-electron chi connectivity index (χ3n) is 3.63. The average molecular weight is 285 g/mol. The largest absolute Gasteiger partial charge is 0.493 e. The molecule has 0 bridgehead atoms. The third kappa shape index (κ3) is 3.76. The Hall–Kier alpha value is -2.00. The van der Waals surface area contributed by atoms with Gasteiger partial charge in [-0.15, -0.1) is 0 Å². The van der Waals surface area contributed by atoms with Gasteiger partial charge in [0.1, 0.15) is 6.61 Å². The van der Waals surface area contributed by atoms with E-state index in [1.807, 2.05) is 25.2 Å². The smallest absolute Gasteiger partial charge is 0.161 e. The summed E-state index contributed by atoms with van der Waals surface area (Å²) in [4.78, 5) is 0. The van der Waals surface area contributed by atoms with Crippen molar-refractivity contribution in [1.29, 1.82) is 0 Å². The van der Waals surface area contributed by atoms with Gasteiger partial charge < -0.3 is 14.8 Å². The Morgan fingerprint density at radius 2 is 1.71 bits per heavy atom. The highest BCUT2D eigenvalue weighted by Crippen LogP contribution is 2.29. The molecule has 1 N–H and O–H groups in total. The molecular formula is C18H23NO2. The van der Waals surface area contributed by atoms with Crippen LogP contribution in [0.2, 0.25) is 0 Å². The highest BCUT2D eigenvalue weighted by Gasteiger charge is 2.08. The Labute approximate surface area is 126 Å². The quantitative estimate of drug-likeness (QED) is 0.879. The normalized spacial score (nSPS) is 10.5. The van der Waals surface area contributed by atoms with Gasteiger partial charge >= 0.3 is 0 Å². The molecule has 0 unspecified atom stereocenters. The molecule has 0 aliphatic carbocycles. The molecule has 0 aliphatic heterocycles. The summed E-state index contributed by atoms with van der Waals surface area (Å²) in [5.74, 6) is 1.55. The monoisotopic (exact) mass is 285 g/mol. The molecule has 112 valence electrons. The Morgan fingerprint density at radius 1 is 1.00 bits per heavy atom. The van der Waals surface area contributed by atoms with E-state index in [4.69, 9.17) is 9.47 Å². The zero-order chi connectivity index (χ0) is 15.2. The van der Waals surface area contributed by atoms with Gasteiger partial charge in [0.25, 0.3) is 0 Å². The Bertz CT molecular complexity index is 588. The number of methoxy groups -OCH3 is 1. The summed E-state index contributed by atoms with van der Waals surface area (Å²) < 4.78 is 11.4. The van der Waals surface area contributed by atoms with Gasteiger partial charge in [-0.3, -0.25) is 0 Å². The zero-order valence-electron chi connectivity index (χ0n) is 13.2. The van der Waals surface area contributed by atoms with Gasteiger partial charge in [-0.05, 0) is 55.3 Å². The van der Waals surface area contributed by atoms with E-state index < -0.39 is 0 Å². The number of nitrogens with one attached hydrogen (secondary N) is 1. The lowest BCUT2D eigenvalue weighted by Gasteiger charge is -2.15. The molecule has 2 aromatic rings. The van der Waals surface area contributed by atoms with Crippen LogP contribution in [0.25, 0.3) is 0 Å². The van der Waals surface area contributed by atoms with Crippen molar-refractivity contribution in [2.24, 2.45) is 0 Å². The fraction of sp³-hybridized carbons (Fsp3) is 0.333. The first-order chi connectivity index (χ1) is 10.2. The van der Waals surface area contributed by atoms with Gasteiger partial charge in [0, 0.05) is 6.54 Å². The van der Waals surface area contributed by atoms with Crippen molar-refractivity contribution < 1.29 is 9.47 Å². The first-order valence-corrected chi connectivity index (χ1v) is 7.15.